The van der Waals surface area contributed by atoms with Gasteiger partial charge in [-0.25, -0.2) is 4.39 Å². The largest absolute Gasteiger partial charge is 0.379 e. The van der Waals surface area contributed by atoms with Gasteiger partial charge in [-0.05, 0) is 60.6 Å². The third-order valence-corrected chi connectivity index (χ3v) is 6.07. The first-order valence-corrected chi connectivity index (χ1v) is 9.25. The highest BCUT2D eigenvalue weighted by molar-refractivity contribution is 7.10. The molecule has 4 heteroatoms. The molecule has 0 spiro atoms. The molecular formula is C19H24FNOS. The summed E-state index contributed by atoms with van der Waals surface area (Å²) < 4.78 is 13.9. The van der Waals surface area contributed by atoms with E-state index in [1.165, 1.54) is 12.1 Å². The number of hydrogen-bond donors (Lipinski definition) is 1. The Labute approximate surface area is 141 Å². The van der Waals surface area contributed by atoms with Gasteiger partial charge in [-0.3, -0.25) is 0 Å². The lowest BCUT2D eigenvalue weighted by atomic mass is 9.85. The molecule has 0 aliphatic heterocycles. The van der Waals surface area contributed by atoms with E-state index in [9.17, 15) is 9.50 Å². The summed E-state index contributed by atoms with van der Waals surface area (Å²) >= 11 is 1.54. The van der Waals surface area contributed by atoms with Crippen molar-refractivity contribution in [2.24, 2.45) is 0 Å². The van der Waals surface area contributed by atoms with E-state index in [2.05, 4.69) is 18.7 Å². The van der Waals surface area contributed by atoms with E-state index in [0.717, 1.165) is 41.9 Å². The zero-order valence-electron chi connectivity index (χ0n) is 13.8. The lowest BCUT2D eigenvalue weighted by molar-refractivity contribution is 0.0397. The minimum Gasteiger partial charge on any atom is -0.379 e. The number of nitrogens with zero attached hydrogens (tertiary/aromatic N) is 1. The summed E-state index contributed by atoms with van der Waals surface area (Å²) in [5, 5.41) is 13.6. The summed E-state index contributed by atoms with van der Waals surface area (Å²) in [6.07, 6.45) is 2.49. The molecule has 1 aromatic heterocycles. The van der Waals surface area contributed by atoms with E-state index in [1.807, 2.05) is 23.6 Å². The molecule has 1 heterocycles. The van der Waals surface area contributed by atoms with Crippen LogP contribution in [0.25, 0.3) is 0 Å². The fourth-order valence-corrected chi connectivity index (χ4v) is 4.67. The predicted octanol–water partition coefficient (Wildman–Crippen LogP) is 4.17. The standard InChI is InChI=1S/C19H24FNOS/c1-3-21(4-2)16-10-8-14-7-9-15(20)12-17(14)19(22,13-16)18-6-5-11-23-18/h5-7,9,11-12,16,22H,3-4,8,10,13H2,1-2H3/t16-,19-/m0/s1. The van der Waals surface area contributed by atoms with Crippen LogP contribution in [0.5, 0.6) is 0 Å². The van der Waals surface area contributed by atoms with Crippen molar-refractivity contribution < 1.29 is 9.50 Å². The molecule has 0 bridgehead atoms. The molecular weight excluding hydrogens is 309 g/mol. The lowest BCUT2D eigenvalue weighted by Gasteiger charge is -2.35. The second-order valence-corrected chi connectivity index (χ2v) is 7.20. The quantitative estimate of drug-likeness (QED) is 0.849. The van der Waals surface area contributed by atoms with Crippen LogP contribution in [0.15, 0.2) is 35.7 Å². The highest BCUT2D eigenvalue weighted by Crippen LogP contribution is 2.42. The van der Waals surface area contributed by atoms with E-state index in [4.69, 9.17) is 0 Å². The third kappa shape index (κ3) is 3.08. The van der Waals surface area contributed by atoms with Crippen molar-refractivity contribution in [1.82, 2.24) is 4.90 Å². The molecule has 1 N–H and O–H groups in total. The number of aryl methyl sites for hydroxylation is 1. The molecule has 0 unspecified atom stereocenters. The molecule has 1 aliphatic rings. The molecule has 0 fully saturated rings. The van der Waals surface area contributed by atoms with Crippen molar-refractivity contribution in [3.63, 3.8) is 0 Å². The van der Waals surface area contributed by atoms with Gasteiger partial charge in [-0.15, -0.1) is 11.3 Å². The number of benzene rings is 1. The molecule has 124 valence electrons. The zero-order chi connectivity index (χ0) is 16.4. The van der Waals surface area contributed by atoms with Gasteiger partial charge in [0, 0.05) is 17.3 Å². The smallest absolute Gasteiger partial charge is 0.126 e. The van der Waals surface area contributed by atoms with Gasteiger partial charge >= 0.3 is 0 Å². The molecule has 0 saturated heterocycles. The normalized spacial score (nSPS) is 24.5. The Morgan fingerprint density at radius 3 is 2.74 bits per heavy atom. The van der Waals surface area contributed by atoms with Gasteiger partial charge in [0.05, 0.1) is 0 Å². The topological polar surface area (TPSA) is 23.5 Å². The Morgan fingerprint density at radius 1 is 1.30 bits per heavy atom. The first-order valence-electron chi connectivity index (χ1n) is 8.37. The van der Waals surface area contributed by atoms with Crippen molar-refractivity contribution >= 4 is 11.3 Å². The van der Waals surface area contributed by atoms with E-state index >= 15 is 0 Å². The van der Waals surface area contributed by atoms with Crippen LogP contribution in [0.3, 0.4) is 0 Å². The van der Waals surface area contributed by atoms with Crippen molar-refractivity contribution in [1.29, 1.82) is 0 Å². The highest BCUT2D eigenvalue weighted by atomic mass is 32.1. The third-order valence-electron chi connectivity index (χ3n) is 5.05. The number of hydrogen-bond acceptors (Lipinski definition) is 3. The maximum absolute atomic E-state index is 13.9. The molecule has 0 radical (unpaired) electrons. The van der Waals surface area contributed by atoms with Crippen LogP contribution < -0.4 is 0 Å². The number of halogens is 1. The summed E-state index contributed by atoms with van der Waals surface area (Å²) in [6, 6.07) is 9.09. The van der Waals surface area contributed by atoms with Gasteiger partial charge in [-0.1, -0.05) is 26.0 Å². The highest BCUT2D eigenvalue weighted by Gasteiger charge is 2.40. The van der Waals surface area contributed by atoms with Crippen molar-refractivity contribution in [3.8, 4) is 0 Å². The summed E-state index contributed by atoms with van der Waals surface area (Å²) in [5.41, 5.74) is 0.710. The molecule has 0 amide bonds. The van der Waals surface area contributed by atoms with E-state index in [1.54, 1.807) is 11.3 Å². The van der Waals surface area contributed by atoms with E-state index < -0.39 is 5.60 Å². The van der Waals surface area contributed by atoms with Crippen LogP contribution in [0.1, 0.15) is 42.7 Å². The summed E-state index contributed by atoms with van der Waals surface area (Å²) in [5.74, 6) is -0.278. The molecule has 2 nitrogen and oxygen atoms in total. The maximum Gasteiger partial charge on any atom is 0.126 e. The minimum absolute atomic E-state index is 0.278. The second-order valence-electron chi connectivity index (χ2n) is 6.26. The van der Waals surface area contributed by atoms with Crippen LogP contribution in [0.2, 0.25) is 0 Å². The first-order chi connectivity index (χ1) is 11.1. The molecule has 23 heavy (non-hydrogen) atoms. The average Bonchev–Trinajstić information content (AvgIpc) is 3.05. The number of thiophene rings is 1. The predicted molar refractivity (Wildman–Crippen MR) is 93.4 cm³/mol. The molecule has 2 aromatic rings. The molecule has 1 aliphatic carbocycles. The fraction of sp³-hybridized carbons (Fsp3) is 0.474. The van der Waals surface area contributed by atoms with Gasteiger partial charge in [0.2, 0.25) is 0 Å². The zero-order valence-corrected chi connectivity index (χ0v) is 14.6. The monoisotopic (exact) mass is 333 g/mol. The van der Waals surface area contributed by atoms with Crippen LogP contribution in [-0.2, 0) is 12.0 Å². The van der Waals surface area contributed by atoms with Gasteiger partial charge in [0.25, 0.3) is 0 Å². The Bertz CT molecular complexity index is 653. The van der Waals surface area contributed by atoms with Crippen molar-refractivity contribution in [3.05, 3.63) is 57.5 Å². The number of fused-ring (bicyclic) bond motifs is 1. The van der Waals surface area contributed by atoms with Gasteiger partial charge in [0.15, 0.2) is 0 Å². The number of aliphatic hydroxyl groups is 1. The lowest BCUT2D eigenvalue weighted by Crippen LogP contribution is -2.40. The summed E-state index contributed by atoms with van der Waals surface area (Å²) in [6.45, 7) is 6.25. The van der Waals surface area contributed by atoms with Crippen LogP contribution in [0, 0.1) is 5.82 Å². The molecule has 3 rings (SSSR count). The van der Waals surface area contributed by atoms with Crippen LogP contribution in [-0.4, -0.2) is 29.1 Å². The van der Waals surface area contributed by atoms with Gasteiger partial charge in [0.1, 0.15) is 11.4 Å². The van der Waals surface area contributed by atoms with Crippen LogP contribution >= 0.6 is 11.3 Å². The van der Waals surface area contributed by atoms with Crippen molar-refractivity contribution in [2.45, 2.75) is 44.8 Å². The minimum atomic E-state index is -1.10. The van der Waals surface area contributed by atoms with Crippen molar-refractivity contribution in [2.75, 3.05) is 13.1 Å². The van der Waals surface area contributed by atoms with E-state index in [-0.39, 0.29) is 5.82 Å². The van der Waals surface area contributed by atoms with Crippen LogP contribution in [0.4, 0.5) is 4.39 Å². The number of rotatable bonds is 4. The Morgan fingerprint density at radius 2 is 2.09 bits per heavy atom. The Kier molecular flexibility index (Phi) is 4.85. The van der Waals surface area contributed by atoms with E-state index in [0.29, 0.717) is 12.5 Å². The average molecular weight is 333 g/mol. The Balaban J connectivity index is 2.09. The molecule has 2 atom stereocenters. The second kappa shape index (κ2) is 6.71. The maximum atomic E-state index is 13.9. The molecule has 0 saturated carbocycles. The van der Waals surface area contributed by atoms with Gasteiger partial charge in [-0.2, -0.15) is 0 Å². The SMILES string of the molecule is CCN(CC)[C@H]1CCc2ccc(F)cc2[C@](O)(c2cccs2)C1. The summed E-state index contributed by atoms with van der Waals surface area (Å²) in [4.78, 5) is 3.31. The Hall–Kier alpha value is -1.23. The first kappa shape index (κ1) is 16.6. The fourth-order valence-electron chi connectivity index (χ4n) is 3.83. The molecule has 1 aromatic carbocycles. The van der Waals surface area contributed by atoms with Gasteiger partial charge < -0.3 is 10.0 Å². The summed E-state index contributed by atoms with van der Waals surface area (Å²) in [7, 11) is 0.